The first-order valence-corrected chi connectivity index (χ1v) is 6.12. The van der Waals surface area contributed by atoms with Crippen LogP contribution >= 0.6 is 0 Å². The van der Waals surface area contributed by atoms with Crippen molar-refractivity contribution in [3.63, 3.8) is 0 Å². The summed E-state index contributed by atoms with van der Waals surface area (Å²) in [5.41, 5.74) is 4.31. The van der Waals surface area contributed by atoms with Gasteiger partial charge in [0.1, 0.15) is 0 Å². The molecule has 0 saturated heterocycles. The minimum Gasteiger partial charge on any atom is -0.0683 e. The summed E-state index contributed by atoms with van der Waals surface area (Å²) in [6.07, 6.45) is 0. The van der Waals surface area contributed by atoms with Crippen LogP contribution < -0.4 is 0 Å². The van der Waals surface area contributed by atoms with Gasteiger partial charge in [0.2, 0.25) is 0 Å². The normalized spacial score (nSPS) is 10.2. The van der Waals surface area contributed by atoms with E-state index in [0.29, 0.717) is 11.8 Å². The van der Waals surface area contributed by atoms with Gasteiger partial charge in [-0.15, -0.1) is 0 Å². The van der Waals surface area contributed by atoms with Crippen LogP contribution in [0.4, 0.5) is 0 Å². The first-order chi connectivity index (χ1) is 7.00. The lowest BCUT2D eigenvalue weighted by molar-refractivity contribution is 0.831. The molecule has 0 nitrogen and oxygen atoms in total. The van der Waals surface area contributed by atoms with Crippen LogP contribution in [0.15, 0.2) is 18.2 Å². The van der Waals surface area contributed by atoms with Gasteiger partial charge in [0.15, 0.2) is 0 Å². The van der Waals surface area contributed by atoms with Gasteiger partial charge in [-0.3, -0.25) is 0 Å². The van der Waals surface area contributed by atoms with E-state index in [-0.39, 0.29) is 0 Å². The number of aryl methyl sites for hydroxylation is 1. The summed E-state index contributed by atoms with van der Waals surface area (Å²) >= 11 is 0. The number of hydrogen-bond donors (Lipinski definition) is 0. The van der Waals surface area contributed by atoms with Gasteiger partial charge in [-0.1, -0.05) is 65.3 Å². The lowest BCUT2D eigenvalue weighted by Gasteiger charge is -2.12. The molecule has 1 aromatic rings. The highest BCUT2D eigenvalue weighted by Gasteiger charge is 2.04. The molecule has 0 radical (unpaired) electrons. The Morgan fingerprint density at radius 2 is 1.07 bits per heavy atom. The van der Waals surface area contributed by atoms with Crippen LogP contribution in [-0.4, -0.2) is 0 Å². The second-order valence-corrected chi connectivity index (χ2v) is 4.49. The third kappa shape index (κ3) is 4.51. The van der Waals surface area contributed by atoms with Gasteiger partial charge in [0.25, 0.3) is 0 Å². The molecule has 0 N–H and O–H groups in total. The highest BCUT2D eigenvalue weighted by Crippen LogP contribution is 2.22. The number of benzene rings is 1. The van der Waals surface area contributed by atoms with Crippen LogP contribution in [0.2, 0.25) is 0 Å². The molecule has 0 spiro atoms. The van der Waals surface area contributed by atoms with Gasteiger partial charge in [-0.05, 0) is 29.9 Å². The van der Waals surface area contributed by atoms with Gasteiger partial charge in [-0.2, -0.15) is 0 Å². The molecule has 0 aliphatic rings. The van der Waals surface area contributed by atoms with Crippen molar-refractivity contribution in [2.45, 2.75) is 60.3 Å². The first-order valence-electron chi connectivity index (χ1n) is 6.12. The van der Waals surface area contributed by atoms with E-state index in [1.165, 1.54) is 16.7 Å². The fraction of sp³-hybridized carbons (Fsp3) is 0.600. The molecule has 86 valence electrons. The molecule has 0 unspecified atom stereocenters. The van der Waals surface area contributed by atoms with Gasteiger partial charge in [0.05, 0.1) is 0 Å². The van der Waals surface area contributed by atoms with Crippen molar-refractivity contribution >= 4 is 0 Å². The summed E-state index contributed by atoms with van der Waals surface area (Å²) in [4.78, 5) is 0. The van der Waals surface area contributed by atoms with Crippen LogP contribution in [0, 0.1) is 6.92 Å². The summed E-state index contributed by atoms with van der Waals surface area (Å²) in [5, 5.41) is 0. The topological polar surface area (TPSA) is 0 Å². The number of hydrogen-bond acceptors (Lipinski definition) is 0. The monoisotopic (exact) mass is 206 g/mol. The Morgan fingerprint density at radius 3 is 1.33 bits per heavy atom. The maximum absolute atomic E-state index is 2.34. The fourth-order valence-corrected chi connectivity index (χ4v) is 1.51. The van der Waals surface area contributed by atoms with E-state index in [4.69, 9.17) is 0 Å². The van der Waals surface area contributed by atoms with E-state index in [1.807, 2.05) is 13.8 Å². The minimum absolute atomic E-state index is 0.636. The van der Waals surface area contributed by atoms with Crippen LogP contribution in [-0.2, 0) is 0 Å². The molecular weight excluding hydrogens is 180 g/mol. The van der Waals surface area contributed by atoms with Crippen molar-refractivity contribution in [3.05, 3.63) is 34.9 Å². The lowest BCUT2D eigenvalue weighted by Crippen LogP contribution is -1.94. The van der Waals surface area contributed by atoms with Gasteiger partial charge in [-0.25, -0.2) is 0 Å². The molecule has 0 aliphatic carbocycles. The first kappa shape index (κ1) is 14.2. The van der Waals surface area contributed by atoms with Crippen LogP contribution in [0.1, 0.15) is 70.1 Å². The van der Waals surface area contributed by atoms with E-state index in [9.17, 15) is 0 Å². The second kappa shape index (κ2) is 6.66. The molecule has 0 aromatic heterocycles. The number of rotatable bonds is 2. The molecule has 1 aromatic carbocycles. The lowest BCUT2D eigenvalue weighted by atomic mass is 9.94. The summed E-state index contributed by atoms with van der Waals surface area (Å²) in [7, 11) is 0. The molecular formula is C15H26. The van der Waals surface area contributed by atoms with Crippen LogP contribution in [0.5, 0.6) is 0 Å². The van der Waals surface area contributed by atoms with E-state index < -0.39 is 0 Å². The standard InChI is InChI=1S/C13H20.C2H6/c1-9(2)12-6-11(5)7-13(8-12)10(3)4;1-2/h6-10H,1-5H3;1-2H3. The van der Waals surface area contributed by atoms with Gasteiger partial charge in [0, 0.05) is 0 Å². The van der Waals surface area contributed by atoms with Crippen LogP contribution in [0.25, 0.3) is 0 Å². The molecule has 1 rings (SSSR count). The Balaban J connectivity index is 0.000000921. The van der Waals surface area contributed by atoms with Crippen molar-refractivity contribution < 1.29 is 0 Å². The molecule has 0 saturated carbocycles. The zero-order valence-electron chi connectivity index (χ0n) is 11.4. The van der Waals surface area contributed by atoms with Crippen LogP contribution in [0.3, 0.4) is 0 Å². The predicted octanol–water partition coefficient (Wildman–Crippen LogP) is 5.27. The summed E-state index contributed by atoms with van der Waals surface area (Å²) in [5.74, 6) is 1.27. The van der Waals surface area contributed by atoms with E-state index in [1.54, 1.807) is 0 Å². The molecule has 0 atom stereocenters. The SMILES string of the molecule is CC.Cc1cc(C(C)C)cc(C(C)C)c1. The molecule has 15 heavy (non-hydrogen) atoms. The molecule has 0 bridgehead atoms. The molecule has 0 aliphatic heterocycles. The maximum atomic E-state index is 2.34. The minimum atomic E-state index is 0.636. The van der Waals surface area contributed by atoms with Crippen molar-refractivity contribution in [1.29, 1.82) is 0 Å². The zero-order valence-corrected chi connectivity index (χ0v) is 11.4. The predicted molar refractivity (Wildman–Crippen MR) is 70.7 cm³/mol. The Morgan fingerprint density at radius 1 is 0.733 bits per heavy atom. The van der Waals surface area contributed by atoms with Crippen molar-refractivity contribution in [2.24, 2.45) is 0 Å². The third-order valence-corrected chi connectivity index (χ3v) is 2.46. The summed E-state index contributed by atoms with van der Waals surface area (Å²) < 4.78 is 0. The largest absolute Gasteiger partial charge is 0.0683 e. The maximum Gasteiger partial charge on any atom is -0.0219 e. The second-order valence-electron chi connectivity index (χ2n) is 4.49. The highest BCUT2D eigenvalue weighted by atomic mass is 14.1. The van der Waals surface area contributed by atoms with E-state index in [2.05, 4.69) is 52.8 Å². The van der Waals surface area contributed by atoms with E-state index >= 15 is 0 Å². The molecule has 0 heteroatoms. The van der Waals surface area contributed by atoms with Gasteiger partial charge < -0.3 is 0 Å². The average molecular weight is 206 g/mol. The third-order valence-electron chi connectivity index (χ3n) is 2.46. The fourth-order valence-electron chi connectivity index (χ4n) is 1.51. The summed E-state index contributed by atoms with van der Waals surface area (Å²) in [6.45, 7) is 15.2. The Hall–Kier alpha value is -0.780. The Kier molecular flexibility index (Phi) is 6.31. The van der Waals surface area contributed by atoms with Crippen molar-refractivity contribution in [2.75, 3.05) is 0 Å². The quantitative estimate of drug-likeness (QED) is 0.618. The smallest absolute Gasteiger partial charge is 0.0219 e. The molecule has 0 heterocycles. The molecule has 0 fully saturated rings. The Bertz CT molecular complexity index is 256. The summed E-state index contributed by atoms with van der Waals surface area (Å²) in [6, 6.07) is 6.91. The van der Waals surface area contributed by atoms with Gasteiger partial charge >= 0.3 is 0 Å². The van der Waals surface area contributed by atoms with E-state index in [0.717, 1.165) is 0 Å². The average Bonchev–Trinajstić information content (AvgIpc) is 2.19. The Labute approximate surface area is 95.7 Å². The van der Waals surface area contributed by atoms with Crippen molar-refractivity contribution in [1.82, 2.24) is 0 Å². The highest BCUT2D eigenvalue weighted by molar-refractivity contribution is 5.32. The molecule has 0 amide bonds. The zero-order chi connectivity index (χ0) is 12.0. The van der Waals surface area contributed by atoms with Crippen molar-refractivity contribution in [3.8, 4) is 0 Å².